The fraction of sp³-hybridized carbons (Fsp3) is 0.348. The molecule has 3 heteroatoms. The number of amides is 1. The highest BCUT2D eigenvalue weighted by Crippen LogP contribution is 2.11. The summed E-state index contributed by atoms with van der Waals surface area (Å²) in [4.78, 5) is 17.1. The van der Waals surface area contributed by atoms with E-state index in [1.807, 2.05) is 35.2 Å². The molecule has 0 unspecified atom stereocenters. The highest BCUT2D eigenvalue weighted by atomic mass is 16.2. The monoisotopic (exact) mass is 350 g/mol. The van der Waals surface area contributed by atoms with E-state index in [4.69, 9.17) is 0 Å². The van der Waals surface area contributed by atoms with Crippen LogP contribution in [0.5, 0.6) is 0 Å². The van der Waals surface area contributed by atoms with Gasteiger partial charge in [0.1, 0.15) is 0 Å². The average Bonchev–Trinajstić information content (AvgIpc) is 2.70. The Morgan fingerprint density at radius 2 is 1.62 bits per heavy atom. The van der Waals surface area contributed by atoms with E-state index >= 15 is 0 Å². The van der Waals surface area contributed by atoms with Gasteiger partial charge < -0.3 is 4.90 Å². The average molecular weight is 351 g/mol. The molecule has 26 heavy (non-hydrogen) atoms. The Labute approximate surface area is 157 Å². The summed E-state index contributed by atoms with van der Waals surface area (Å²) < 4.78 is 0. The third-order valence-corrected chi connectivity index (χ3v) is 4.65. The Balaban J connectivity index is 2.02. The predicted molar refractivity (Wildman–Crippen MR) is 109 cm³/mol. The smallest absolute Gasteiger partial charge is 0.254 e. The topological polar surface area (TPSA) is 23.6 Å². The molecule has 0 N–H and O–H groups in total. The normalized spacial score (nSPS) is 10.7. The lowest BCUT2D eigenvalue weighted by Crippen LogP contribution is -2.33. The van der Waals surface area contributed by atoms with Gasteiger partial charge in [-0.05, 0) is 42.8 Å². The lowest BCUT2D eigenvalue weighted by Gasteiger charge is -2.22. The fourth-order valence-electron chi connectivity index (χ4n) is 2.98. The van der Waals surface area contributed by atoms with Crippen LogP contribution in [-0.4, -0.2) is 41.9 Å². The summed E-state index contributed by atoms with van der Waals surface area (Å²) >= 11 is 0. The van der Waals surface area contributed by atoms with Crippen molar-refractivity contribution in [2.45, 2.75) is 26.8 Å². The minimum atomic E-state index is 0.0650. The summed E-state index contributed by atoms with van der Waals surface area (Å²) in [6, 6.07) is 18.3. The van der Waals surface area contributed by atoms with Crippen LogP contribution >= 0.6 is 0 Å². The first-order valence-electron chi connectivity index (χ1n) is 9.43. The second-order valence-corrected chi connectivity index (χ2v) is 6.43. The van der Waals surface area contributed by atoms with Crippen molar-refractivity contribution in [3.8, 4) is 0 Å². The summed E-state index contributed by atoms with van der Waals surface area (Å²) in [7, 11) is 0. The first-order valence-corrected chi connectivity index (χ1v) is 9.43. The maximum absolute atomic E-state index is 12.9. The molecule has 0 saturated heterocycles. The first kappa shape index (κ1) is 19.9. The highest BCUT2D eigenvalue weighted by molar-refractivity contribution is 5.94. The van der Waals surface area contributed by atoms with Gasteiger partial charge in [0.15, 0.2) is 0 Å². The number of benzene rings is 2. The lowest BCUT2D eigenvalue weighted by atomic mass is 10.1. The highest BCUT2D eigenvalue weighted by Gasteiger charge is 2.14. The molecule has 0 aliphatic carbocycles. The minimum Gasteiger partial charge on any atom is -0.335 e. The van der Waals surface area contributed by atoms with Crippen LogP contribution in [0.4, 0.5) is 0 Å². The van der Waals surface area contributed by atoms with Crippen LogP contribution in [0.15, 0.2) is 67.3 Å². The molecule has 1 amide bonds. The van der Waals surface area contributed by atoms with Crippen LogP contribution < -0.4 is 0 Å². The molecule has 0 fully saturated rings. The molecule has 0 heterocycles. The van der Waals surface area contributed by atoms with E-state index in [0.717, 1.165) is 31.6 Å². The molecule has 2 rings (SSSR count). The molecule has 0 aromatic heterocycles. The maximum Gasteiger partial charge on any atom is 0.254 e. The van der Waals surface area contributed by atoms with Gasteiger partial charge in [0.25, 0.3) is 5.91 Å². The fourth-order valence-corrected chi connectivity index (χ4v) is 2.98. The van der Waals surface area contributed by atoms with E-state index in [1.54, 1.807) is 6.08 Å². The largest absolute Gasteiger partial charge is 0.335 e. The molecule has 3 nitrogen and oxygen atoms in total. The minimum absolute atomic E-state index is 0.0650. The second-order valence-electron chi connectivity index (χ2n) is 6.43. The molecule has 0 radical (unpaired) electrons. The van der Waals surface area contributed by atoms with E-state index in [0.29, 0.717) is 13.1 Å². The molecule has 0 saturated carbocycles. The van der Waals surface area contributed by atoms with Crippen molar-refractivity contribution < 1.29 is 4.79 Å². The Bertz CT molecular complexity index is 675. The van der Waals surface area contributed by atoms with Gasteiger partial charge in [0.05, 0.1) is 0 Å². The molecule has 2 aromatic carbocycles. The molecule has 138 valence electrons. The number of rotatable bonds is 10. The summed E-state index contributed by atoms with van der Waals surface area (Å²) in [6.45, 7) is 12.4. The predicted octanol–water partition coefficient (Wildman–Crippen LogP) is 4.40. The number of carbonyl (C=O) groups excluding carboxylic acids is 1. The van der Waals surface area contributed by atoms with Crippen LogP contribution in [0, 0.1) is 0 Å². The van der Waals surface area contributed by atoms with Crippen LogP contribution in [-0.2, 0) is 13.0 Å². The van der Waals surface area contributed by atoms with E-state index in [1.165, 1.54) is 11.1 Å². The van der Waals surface area contributed by atoms with Gasteiger partial charge >= 0.3 is 0 Å². The van der Waals surface area contributed by atoms with Crippen molar-refractivity contribution in [2.75, 3.05) is 26.2 Å². The molecule has 0 spiro atoms. The molecule has 0 aliphatic rings. The SMILES string of the molecule is C=CCN(CCc1ccccc1)C(=O)c1ccc(CN(CC)CC)cc1. The maximum atomic E-state index is 12.9. The zero-order valence-electron chi connectivity index (χ0n) is 16.0. The van der Waals surface area contributed by atoms with E-state index < -0.39 is 0 Å². The third-order valence-electron chi connectivity index (χ3n) is 4.65. The quantitative estimate of drug-likeness (QED) is 0.593. The van der Waals surface area contributed by atoms with Gasteiger partial charge in [-0.2, -0.15) is 0 Å². The van der Waals surface area contributed by atoms with Gasteiger partial charge in [-0.15, -0.1) is 6.58 Å². The van der Waals surface area contributed by atoms with Crippen LogP contribution in [0.1, 0.15) is 35.3 Å². The number of hydrogen-bond acceptors (Lipinski definition) is 2. The molecule has 0 aliphatic heterocycles. The molecule has 0 bridgehead atoms. The lowest BCUT2D eigenvalue weighted by molar-refractivity contribution is 0.0775. The van der Waals surface area contributed by atoms with Crippen molar-refractivity contribution in [1.29, 1.82) is 0 Å². The molecule has 2 aromatic rings. The molecule has 0 atom stereocenters. The zero-order chi connectivity index (χ0) is 18.8. The number of hydrogen-bond donors (Lipinski definition) is 0. The standard InChI is InChI=1S/C23H30N2O/c1-4-17-25(18-16-20-10-8-7-9-11-20)23(26)22-14-12-21(13-15-22)19-24(5-2)6-3/h4,7-15H,1,5-6,16-19H2,2-3H3. The van der Waals surface area contributed by atoms with Gasteiger partial charge in [0, 0.05) is 25.2 Å². The van der Waals surface area contributed by atoms with Crippen LogP contribution in [0.2, 0.25) is 0 Å². The van der Waals surface area contributed by atoms with Crippen LogP contribution in [0.25, 0.3) is 0 Å². The van der Waals surface area contributed by atoms with Gasteiger partial charge in [0.2, 0.25) is 0 Å². The van der Waals surface area contributed by atoms with Gasteiger partial charge in [-0.1, -0.05) is 62.4 Å². The summed E-state index contributed by atoms with van der Waals surface area (Å²) in [5.41, 5.74) is 3.22. The van der Waals surface area contributed by atoms with Crippen molar-refractivity contribution in [2.24, 2.45) is 0 Å². The third kappa shape index (κ3) is 5.85. The van der Waals surface area contributed by atoms with E-state index in [9.17, 15) is 4.79 Å². The van der Waals surface area contributed by atoms with E-state index in [-0.39, 0.29) is 5.91 Å². The van der Waals surface area contributed by atoms with Crippen molar-refractivity contribution in [3.63, 3.8) is 0 Å². The Morgan fingerprint density at radius 1 is 0.962 bits per heavy atom. The Hall–Kier alpha value is -2.39. The summed E-state index contributed by atoms with van der Waals surface area (Å²) in [6.07, 6.45) is 2.64. The first-order chi connectivity index (χ1) is 12.7. The van der Waals surface area contributed by atoms with Gasteiger partial charge in [-0.3, -0.25) is 9.69 Å². The molecular weight excluding hydrogens is 320 g/mol. The van der Waals surface area contributed by atoms with Gasteiger partial charge in [-0.25, -0.2) is 0 Å². The summed E-state index contributed by atoms with van der Waals surface area (Å²) in [5.74, 6) is 0.0650. The van der Waals surface area contributed by atoms with Crippen molar-refractivity contribution >= 4 is 5.91 Å². The molecular formula is C23H30N2O. The number of nitrogens with zero attached hydrogens (tertiary/aromatic N) is 2. The Morgan fingerprint density at radius 3 is 2.19 bits per heavy atom. The van der Waals surface area contributed by atoms with Crippen molar-refractivity contribution in [3.05, 3.63) is 83.9 Å². The Kier molecular flexibility index (Phi) is 8.10. The second kappa shape index (κ2) is 10.6. The van der Waals surface area contributed by atoms with E-state index in [2.05, 4.69) is 49.6 Å². The zero-order valence-corrected chi connectivity index (χ0v) is 16.0. The van der Waals surface area contributed by atoms with Crippen LogP contribution in [0.3, 0.4) is 0 Å². The summed E-state index contributed by atoms with van der Waals surface area (Å²) in [5, 5.41) is 0. The number of carbonyl (C=O) groups is 1. The van der Waals surface area contributed by atoms with Crippen molar-refractivity contribution in [1.82, 2.24) is 9.80 Å².